The van der Waals surface area contributed by atoms with E-state index < -0.39 is 5.97 Å². The Kier molecular flexibility index (Phi) is 2.60. The Labute approximate surface area is 81.2 Å². The van der Waals surface area contributed by atoms with Crippen molar-refractivity contribution >= 4 is 11.7 Å². The molecule has 14 heavy (non-hydrogen) atoms. The average molecular weight is 196 g/mol. The molecule has 1 heterocycles. The quantitative estimate of drug-likeness (QED) is 0.731. The predicted molar refractivity (Wildman–Crippen MR) is 53.0 cm³/mol. The maximum atomic E-state index is 11.6. The van der Waals surface area contributed by atoms with E-state index in [-0.39, 0.29) is 16.8 Å². The number of aromatic carboxylic acids is 1. The lowest BCUT2D eigenvalue weighted by Gasteiger charge is -2.14. The fourth-order valence-corrected chi connectivity index (χ4v) is 1.22. The minimum Gasteiger partial charge on any atom is -0.478 e. The number of hydrogen-bond donors (Lipinski definition) is 1. The molecule has 0 bridgehead atoms. The molecule has 76 valence electrons. The van der Waals surface area contributed by atoms with E-state index >= 15 is 0 Å². The van der Waals surface area contributed by atoms with Crippen LogP contribution in [0.5, 0.6) is 0 Å². The molecule has 0 spiro atoms. The number of nitrogens with zero attached hydrogens (tertiary/aromatic N) is 2. The number of aromatic nitrogens is 1. The van der Waals surface area contributed by atoms with Crippen molar-refractivity contribution in [3.63, 3.8) is 0 Å². The third kappa shape index (κ3) is 1.61. The maximum absolute atomic E-state index is 11.6. The molecule has 0 aliphatic rings. The molecule has 0 aromatic carbocycles. The minimum absolute atomic E-state index is 0.0260. The van der Waals surface area contributed by atoms with Gasteiger partial charge in [0, 0.05) is 27.3 Å². The first-order valence-electron chi connectivity index (χ1n) is 4.05. The molecule has 0 radical (unpaired) electrons. The van der Waals surface area contributed by atoms with Crippen molar-refractivity contribution in [1.82, 2.24) is 4.57 Å². The van der Waals surface area contributed by atoms with E-state index in [1.54, 1.807) is 21.1 Å². The molecule has 0 saturated heterocycles. The topological polar surface area (TPSA) is 62.5 Å². The van der Waals surface area contributed by atoms with Crippen LogP contribution in [0.1, 0.15) is 10.4 Å². The molecular weight excluding hydrogens is 184 g/mol. The highest BCUT2D eigenvalue weighted by molar-refractivity contribution is 5.93. The highest BCUT2D eigenvalue weighted by Gasteiger charge is 2.15. The highest BCUT2D eigenvalue weighted by atomic mass is 16.4. The van der Waals surface area contributed by atoms with Gasteiger partial charge >= 0.3 is 5.97 Å². The van der Waals surface area contributed by atoms with Crippen molar-refractivity contribution in [2.45, 2.75) is 0 Å². The Balaban J connectivity index is 3.54. The van der Waals surface area contributed by atoms with Crippen LogP contribution in [0.2, 0.25) is 0 Å². The molecule has 5 heteroatoms. The van der Waals surface area contributed by atoms with Gasteiger partial charge < -0.3 is 14.6 Å². The summed E-state index contributed by atoms with van der Waals surface area (Å²) in [5.41, 5.74) is -0.0875. The molecule has 0 saturated carbocycles. The number of carbonyl (C=O) groups is 1. The van der Waals surface area contributed by atoms with E-state index in [0.717, 1.165) is 0 Å². The van der Waals surface area contributed by atoms with Crippen molar-refractivity contribution in [2.75, 3.05) is 19.0 Å². The van der Waals surface area contributed by atoms with Gasteiger partial charge in [0.25, 0.3) is 5.56 Å². The summed E-state index contributed by atoms with van der Waals surface area (Å²) in [6, 6.07) is 1.42. The first kappa shape index (κ1) is 10.3. The van der Waals surface area contributed by atoms with E-state index in [9.17, 15) is 9.59 Å². The van der Waals surface area contributed by atoms with Gasteiger partial charge in [-0.3, -0.25) is 4.79 Å². The molecule has 0 aliphatic carbocycles. The summed E-state index contributed by atoms with van der Waals surface area (Å²) in [5, 5.41) is 8.86. The minimum atomic E-state index is -1.09. The average Bonchev–Trinajstić information content (AvgIpc) is 2.08. The molecule has 0 amide bonds. The number of aryl methyl sites for hydroxylation is 1. The van der Waals surface area contributed by atoms with E-state index in [1.807, 2.05) is 0 Å². The fraction of sp³-hybridized carbons (Fsp3) is 0.333. The summed E-state index contributed by atoms with van der Waals surface area (Å²) in [4.78, 5) is 23.9. The lowest BCUT2D eigenvalue weighted by atomic mass is 10.2. The molecule has 1 aromatic heterocycles. The molecule has 0 fully saturated rings. The van der Waals surface area contributed by atoms with Crippen molar-refractivity contribution in [2.24, 2.45) is 7.05 Å². The van der Waals surface area contributed by atoms with Gasteiger partial charge in [-0.05, 0) is 6.07 Å². The second-order valence-electron chi connectivity index (χ2n) is 3.19. The van der Waals surface area contributed by atoms with Crippen LogP contribution in [-0.2, 0) is 7.05 Å². The Hall–Kier alpha value is -1.78. The maximum Gasteiger partial charge on any atom is 0.338 e. The van der Waals surface area contributed by atoms with Gasteiger partial charge in [0.05, 0.1) is 5.56 Å². The number of anilines is 1. The zero-order chi connectivity index (χ0) is 10.9. The van der Waals surface area contributed by atoms with Crippen LogP contribution in [0, 0.1) is 0 Å². The van der Waals surface area contributed by atoms with Crippen LogP contribution >= 0.6 is 0 Å². The third-order valence-corrected chi connectivity index (χ3v) is 1.92. The van der Waals surface area contributed by atoms with E-state index in [0.29, 0.717) is 0 Å². The molecule has 1 rings (SSSR count). The number of hydrogen-bond acceptors (Lipinski definition) is 3. The number of carboxylic acid groups (broad SMARTS) is 1. The van der Waals surface area contributed by atoms with E-state index in [1.165, 1.54) is 21.7 Å². The van der Waals surface area contributed by atoms with Gasteiger partial charge in [0.1, 0.15) is 5.69 Å². The van der Waals surface area contributed by atoms with Gasteiger partial charge in [-0.1, -0.05) is 0 Å². The largest absolute Gasteiger partial charge is 0.478 e. The standard InChI is InChI=1S/C9H12N2O3/c1-10(2)7-6(9(13)14)4-5-11(3)8(7)12/h4-5H,1-3H3,(H,13,14). The number of pyridine rings is 1. The SMILES string of the molecule is CN(C)c1c(C(=O)O)ccn(C)c1=O. The van der Waals surface area contributed by atoms with Gasteiger partial charge in [0.15, 0.2) is 0 Å². The van der Waals surface area contributed by atoms with Crippen LogP contribution < -0.4 is 10.5 Å². The number of rotatable bonds is 2. The smallest absolute Gasteiger partial charge is 0.338 e. The fourth-order valence-electron chi connectivity index (χ4n) is 1.22. The first-order chi connectivity index (χ1) is 6.45. The van der Waals surface area contributed by atoms with Crippen molar-refractivity contribution < 1.29 is 9.90 Å². The number of carboxylic acids is 1. The summed E-state index contributed by atoms with van der Waals surface area (Å²) in [6.07, 6.45) is 1.44. The molecule has 5 nitrogen and oxygen atoms in total. The van der Waals surface area contributed by atoms with Gasteiger partial charge in [-0.2, -0.15) is 0 Å². The van der Waals surface area contributed by atoms with Crippen LogP contribution in [0.3, 0.4) is 0 Å². The summed E-state index contributed by atoms with van der Waals surface area (Å²) >= 11 is 0. The zero-order valence-corrected chi connectivity index (χ0v) is 8.31. The summed E-state index contributed by atoms with van der Waals surface area (Å²) in [6.45, 7) is 0. The molecular formula is C9H12N2O3. The summed E-state index contributed by atoms with van der Waals surface area (Å²) in [7, 11) is 4.87. The van der Waals surface area contributed by atoms with E-state index in [2.05, 4.69) is 0 Å². The summed E-state index contributed by atoms with van der Waals surface area (Å²) < 4.78 is 1.35. The van der Waals surface area contributed by atoms with Crippen LogP contribution in [-0.4, -0.2) is 29.7 Å². The second-order valence-corrected chi connectivity index (χ2v) is 3.19. The van der Waals surface area contributed by atoms with Gasteiger partial charge in [0.2, 0.25) is 0 Å². The second kappa shape index (κ2) is 3.53. The van der Waals surface area contributed by atoms with Gasteiger partial charge in [-0.25, -0.2) is 4.79 Å². The molecule has 0 unspecified atom stereocenters. The lowest BCUT2D eigenvalue weighted by Crippen LogP contribution is -2.28. The Morgan fingerprint density at radius 3 is 2.50 bits per heavy atom. The normalized spacial score (nSPS) is 9.93. The zero-order valence-electron chi connectivity index (χ0n) is 8.31. The third-order valence-electron chi connectivity index (χ3n) is 1.92. The Morgan fingerprint density at radius 1 is 1.50 bits per heavy atom. The first-order valence-corrected chi connectivity index (χ1v) is 4.05. The summed E-state index contributed by atoms with van der Waals surface area (Å²) in [5.74, 6) is -1.09. The molecule has 1 aromatic rings. The molecule has 0 atom stereocenters. The molecule has 1 N–H and O–H groups in total. The lowest BCUT2D eigenvalue weighted by molar-refractivity contribution is 0.0697. The van der Waals surface area contributed by atoms with Crippen molar-refractivity contribution in [3.05, 3.63) is 28.2 Å². The van der Waals surface area contributed by atoms with E-state index in [4.69, 9.17) is 5.11 Å². The van der Waals surface area contributed by atoms with Crippen LogP contribution in [0.25, 0.3) is 0 Å². The molecule has 0 aliphatic heterocycles. The highest BCUT2D eigenvalue weighted by Crippen LogP contribution is 2.11. The Morgan fingerprint density at radius 2 is 2.07 bits per heavy atom. The monoisotopic (exact) mass is 196 g/mol. The Bertz CT molecular complexity index is 421. The predicted octanol–water partition coefficient (Wildman–Crippen LogP) is 0.150. The van der Waals surface area contributed by atoms with Crippen LogP contribution in [0.4, 0.5) is 5.69 Å². The van der Waals surface area contributed by atoms with Crippen LogP contribution in [0.15, 0.2) is 17.1 Å². The van der Waals surface area contributed by atoms with Crippen molar-refractivity contribution in [1.29, 1.82) is 0 Å². The van der Waals surface area contributed by atoms with Gasteiger partial charge in [-0.15, -0.1) is 0 Å². The van der Waals surface area contributed by atoms with Crippen molar-refractivity contribution in [3.8, 4) is 0 Å².